The fourth-order valence-corrected chi connectivity index (χ4v) is 4.78. The third-order valence-electron chi connectivity index (χ3n) is 5.99. The van der Waals surface area contributed by atoms with E-state index < -0.39 is 11.6 Å². The first-order valence-electron chi connectivity index (χ1n) is 9.07. The van der Waals surface area contributed by atoms with Crippen LogP contribution in [0.15, 0.2) is 12.2 Å². The van der Waals surface area contributed by atoms with Crippen molar-refractivity contribution in [1.29, 1.82) is 0 Å². The van der Waals surface area contributed by atoms with Gasteiger partial charge in [0.25, 0.3) is 0 Å². The molecule has 3 aliphatic rings. The number of primary amides is 1. The Morgan fingerprint density at radius 1 is 1.00 bits per heavy atom. The Morgan fingerprint density at radius 3 is 2.43 bits per heavy atom. The molecule has 1 heterocycles. The Kier molecular flexibility index (Phi) is 4.64. The first-order chi connectivity index (χ1) is 11.1. The molecular formula is C18H29N3O2. The van der Waals surface area contributed by atoms with Gasteiger partial charge >= 0.3 is 6.03 Å². The summed E-state index contributed by atoms with van der Waals surface area (Å²) in [6.45, 7) is 1.64. The molecule has 5 nitrogen and oxygen atoms in total. The van der Waals surface area contributed by atoms with E-state index in [2.05, 4.69) is 17.5 Å². The van der Waals surface area contributed by atoms with Gasteiger partial charge in [0.15, 0.2) is 0 Å². The first kappa shape index (κ1) is 16.3. The van der Waals surface area contributed by atoms with Crippen molar-refractivity contribution in [2.45, 2.75) is 69.7 Å². The van der Waals surface area contributed by atoms with Crippen LogP contribution in [0.5, 0.6) is 0 Å². The second-order valence-corrected chi connectivity index (χ2v) is 7.68. The standard InChI is InChI=1S/C18H29N3O2/c19-16(23)20-18(11-5-2-6-12-18)15(22)21-13-7-10-17(14-21)8-3-1-4-9-17/h1,3H,2,4-14H2,(H3,19,20,23)/t17-/m1/s1. The minimum absolute atomic E-state index is 0.102. The zero-order valence-corrected chi connectivity index (χ0v) is 14.0. The van der Waals surface area contributed by atoms with Gasteiger partial charge in [0.1, 0.15) is 5.54 Å². The molecule has 3 amide bonds. The summed E-state index contributed by atoms with van der Waals surface area (Å²) in [7, 11) is 0. The number of urea groups is 1. The number of nitrogens with one attached hydrogen (secondary N) is 1. The summed E-state index contributed by atoms with van der Waals surface area (Å²) >= 11 is 0. The Bertz CT molecular complexity index is 496. The number of nitrogens with zero attached hydrogens (tertiary/aromatic N) is 1. The molecule has 0 bridgehead atoms. The SMILES string of the molecule is NC(=O)NC1(C(=O)N2CCC[C@]3(CC=CCC3)C2)CCCCC1. The van der Waals surface area contributed by atoms with Gasteiger partial charge in [-0.15, -0.1) is 0 Å². The van der Waals surface area contributed by atoms with E-state index in [1.54, 1.807) is 0 Å². The molecule has 0 aromatic carbocycles. The largest absolute Gasteiger partial charge is 0.352 e. The number of piperidine rings is 1. The second kappa shape index (κ2) is 6.54. The van der Waals surface area contributed by atoms with Crippen LogP contribution >= 0.6 is 0 Å². The summed E-state index contributed by atoms with van der Waals surface area (Å²) in [6, 6.07) is -0.576. The Morgan fingerprint density at radius 2 is 1.78 bits per heavy atom. The molecule has 1 saturated carbocycles. The highest BCUT2D eigenvalue weighted by atomic mass is 16.2. The van der Waals surface area contributed by atoms with Gasteiger partial charge in [-0.1, -0.05) is 31.4 Å². The molecule has 2 aliphatic carbocycles. The lowest BCUT2D eigenvalue weighted by Crippen LogP contribution is -2.63. The number of rotatable bonds is 2. The Hall–Kier alpha value is -1.52. The third kappa shape index (κ3) is 3.38. The lowest BCUT2D eigenvalue weighted by atomic mass is 9.71. The Labute approximate surface area is 138 Å². The molecule has 0 unspecified atom stereocenters. The molecule has 1 saturated heterocycles. The van der Waals surface area contributed by atoms with E-state index in [9.17, 15) is 9.59 Å². The summed E-state index contributed by atoms with van der Waals surface area (Å²) in [5.41, 5.74) is 4.88. The van der Waals surface area contributed by atoms with Crippen molar-refractivity contribution in [2.24, 2.45) is 11.1 Å². The maximum absolute atomic E-state index is 13.3. The average molecular weight is 319 g/mol. The van der Waals surface area contributed by atoms with Gasteiger partial charge in [-0.3, -0.25) is 4.79 Å². The molecule has 2 fully saturated rings. The first-order valence-corrected chi connectivity index (χ1v) is 9.07. The normalized spacial score (nSPS) is 30.2. The van der Waals surface area contributed by atoms with Crippen molar-refractivity contribution < 1.29 is 9.59 Å². The van der Waals surface area contributed by atoms with E-state index >= 15 is 0 Å². The van der Waals surface area contributed by atoms with Crippen molar-refractivity contribution in [2.75, 3.05) is 13.1 Å². The topological polar surface area (TPSA) is 75.4 Å². The molecule has 3 rings (SSSR count). The van der Waals surface area contributed by atoms with Crippen molar-refractivity contribution in [3.8, 4) is 0 Å². The summed E-state index contributed by atoms with van der Waals surface area (Å²) < 4.78 is 0. The van der Waals surface area contributed by atoms with Gasteiger partial charge in [-0.2, -0.15) is 0 Å². The van der Waals surface area contributed by atoms with Crippen LogP contribution in [0.4, 0.5) is 4.79 Å². The highest BCUT2D eigenvalue weighted by molar-refractivity contribution is 5.91. The monoisotopic (exact) mass is 319 g/mol. The van der Waals surface area contributed by atoms with E-state index in [0.717, 1.165) is 64.5 Å². The number of carbonyl (C=O) groups excluding carboxylic acids is 2. The van der Waals surface area contributed by atoms with Gasteiger partial charge in [0.2, 0.25) is 5.91 Å². The fourth-order valence-electron chi connectivity index (χ4n) is 4.78. The highest BCUT2D eigenvalue weighted by Crippen LogP contribution is 2.42. The fraction of sp³-hybridized carbons (Fsp3) is 0.778. The lowest BCUT2D eigenvalue weighted by molar-refractivity contribution is -0.143. The minimum atomic E-state index is -0.757. The molecule has 1 aliphatic heterocycles. The number of allylic oxidation sites excluding steroid dienone is 2. The lowest BCUT2D eigenvalue weighted by Gasteiger charge is -2.47. The zero-order valence-electron chi connectivity index (χ0n) is 14.0. The van der Waals surface area contributed by atoms with Gasteiger partial charge < -0.3 is 16.0 Å². The van der Waals surface area contributed by atoms with Crippen molar-refractivity contribution in [3.63, 3.8) is 0 Å². The predicted molar refractivity (Wildman–Crippen MR) is 89.8 cm³/mol. The molecule has 128 valence electrons. The summed E-state index contributed by atoms with van der Waals surface area (Å²) in [4.78, 5) is 26.8. The molecule has 1 atom stereocenters. The van der Waals surface area contributed by atoms with Crippen LogP contribution in [0.1, 0.15) is 64.2 Å². The minimum Gasteiger partial charge on any atom is -0.352 e. The number of hydrogen-bond donors (Lipinski definition) is 2. The van der Waals surface area contributed by atoms with Crippen LogP contribution in [0.25, 0.3) is 0 Å². The summed E-state index contributed by atoms with van der Waals surface area (Å²) in [5.74, 6) is 0.102. The molecule has 5 heteroatoms. The molecule has 23 heavy (non-hydrogen) atoms. The van der Waals surface area contributed by atoms with Crippen LogP contribution in [-0.4, -0.2) is 35.5 Å². The maximum Gasteiger partial charge on any atom is 0.313 e. The second-order valence-electron chi connectivity index (χ2n) is 7.68. The molecule has 0 aromatic heterocycles. The highest BCUT2D eigenvalue weighted by Gasteiger charge is 2.46. The average Bonchev–Trinajstić information content (AvgIpc) is 2.55. The molecule has 1 spiro atoms. The Balaban J connectivity index is 1.76. The van der Waals surface area contributed by atoms with E-state index in [4.69, 9.17) is 5.73 Å². The molecule has 3 N–H and O–H groups in total. The summed E-state index contributed by atoms with van der Waals surface area (Å²) in [5, 5.41) is 2.82. The third-order valence-corrected chi connectivity index (χ3v) is 5.99. The molecular weight excluding hydrogens is 290 g/mol. The van der Waals surface area contributed by atoms with Crippen molar-refractivity contribution in [3.05, 3.63) is 12.2 Å². The molecule has 0 radical (unpaired) electrons. The van der Waals surface area contributed by atoms with E-state index in [1.165, 1.54) is 12.8 Å². The van der Waals surface area contributed by atoms with Crippen LogP contribution in [0.3, 0.4) is 0 Å². The zero-order chi connectivity index (χ0) is 16.3. The quantitative estimate of drug-likeness (QED) is 0.768. The predicted octanol–water partition coefficient (Wildman–Crippen LogP) is 2.71. The number of carbonyl (C=O) groups is 2. The van der Waals surface area contributed by atoms with Gasteiger partial charge in [-0.25, -0.2) is 4.79 Å². The summed E-state index contributed by atoms with van der Waals surface area (Å²) in [6.07, 6.45) is 14.7. The molecule has 0 aromatic rings. The number of amides is 3. The van der Waals surface area contributed by atoms with Gasteiger partial charge in [0.05, 0.1) is 0 Å². The van der Waals surface area contributed by atoms with Gasteiger partial charge in [-0.05, 0) is 50.4 Å². The number of likely N-dealkylation sites (tertiary alicyclic amines) is 1. The van der Waals surface area contributed by atoms with Crippen LogP contribution in [0.2, 0.25) is 0 Å². The smallest absolute Gasteiger partial charge is 0.313 e. The van der Waals surface area contributed by atoms with E-state index in [0.29, 0.717) is 0 Å². The number of hydrogen-bond acceptors (Lipinski definition) is 2. The van der Waals surface area contributed by atoms with Crippen molar-refractivity contribution >= 4 is 11.9 Å². The van der Waals surface area contributed by atoms with Gasteiger partial charge in [0, 0.05) is 13.1 Å². The van der Waals surface area contributed by atoms with E-state index in [1.807, 2.05) is 4.90 Å². The van der Waals surface area contributed by atoms with E-state index in [-0.39, 0.29) is 11.3 Å². The van der Waals surface area contributed by atoms with Crippen LogP contribution < -0.4 is 11.1 Å². The number of nitrogens with two attached hydrogens (primary N) is 1. The van der Waals surface area contributed by atoms with Crippen LogP contribution in [-0.2, 0) is 4.79 Å². The van der Waals surface area contributed by atoms with Crippen LogP contribution in [0, 0.1) is 5.41 Å². The van der Waals surface area contributed by atoms with Crippen molar-refractivity contribution in [1.82, 2.24) is 10.2 Å². The maximum atomic E-state index is 13.3.